The molecule has 0 unspecified atom stereocenters. The lowest BCUT2D eigenvalue weighted by atomic mass is 9.94. The average Bonchev–Trinajstić information content (AvgIpc) is 3.02. The van der Waals surface area contributed by atoms with Crippen LogP contribution >= 0.6 is 0 Å². The van der Waals surface area contributed by atoms with Crippen molar-refractivity contribution in [3.8, 4) is 5.75 Å². The van der Waals surface area contributed by atoms with E-state index in [2.05, 4.69) is 0 Å². The molecule has 33 heavy (non-hydrogen) atoms. The van der Waals surface area contributed by atoms with Gasteiger partial charge in [0.15, 0.2) is 0 Å². The summed E-state index contributed by atoms with van der Waals surface area (Å²) in [5.74, 6) is -0.779. The van der Waals surface area contributed by atoms with Crippen LogP contribution in [0, 0.1) is 5.92 Å². The topological polar surface area (TPSA) is 65.1 Å². The zero-order valence-corrected chi connectivity index (χ0v) is 18.1. The highest BCUT2D eigenvalue weighted by Gasteiger charge is 2.40. The molecule has 1 amide bonds. The Labute approximate surface area is 189 Å². The van der Waals surface area contributed by atoms with Gasteiger partial charge in [-0.1, -0.05) is 24.3 Å². The molecule has 0 radical (unpaired) electrons. The minimum atomic E-state index is -4.58. The molecule has 2 aliphatic rings. The summed E-state index contributed by atoms with van der Waals surface area (Å²) in [5.41, 5.74) is 0.0405. The molecule has 1 atom stereocenters. The Morgan fingerprint density at radius 1 is 1.09 bits per heavy atom. The Morgan fingerprint density at radius 2 is 1.82 bits per heavy atom. The van der Waals surface area contributed by atoms with Gasteiger partial charge in [0.25, 0.3) is 0 Å². The summed E-state index contributed by atoms with van der Waals surface area (Å²) in [6.07, 6.45) is -3.56. The standard InChI is InChI=1S/C24H24F3NO5/c1-31-23(30)16-6-7-17-13-28(22(29)15-8-10-32-11-9-15)20(14-33-21(17)12-16)18-4-2-3-5-19(18)24(25,26)27/h2-7,12,15,20H,8-11,13-14H2,1H3/t20-/m1/s1. The fourth-order valence-electron chi connectivity index (χ4n) is 4.33. The maximum absolute atomic E-state index is 13.8. The Bertz CT molecular complexity index is 1030. The third kappa shape index (κ3) is 4.83. The van der Waals surface area contributed by atoms with Crippen molar-refractivity contribution in [2.45, 2.75) is 31.6 Å². The quantitative estimate of drug-likeness (QED) is 0.632. The molecule has 0 saturated carbocycles. The molecule has 1 fully saturated rings. The molecule has 0 N–H and O–H groups in total. The van der Waals surface area contributed by atoms with Gasteiger partial charge in [0.2, 0.25) is 5.91 Å². The first-order valence-electron chi connectivity index (χ1n) is 10.7. The van der Waals surface area contributed by atoms with Crippen LogP contribution in [0.5, 0.6) is 5.75 Å². The molecule has 2 aliphatic heterocycles. The Balaban J connectivity index is 1.76. The summed E-state index contributed by atoms with van der Waals surface area (Å²) in [5, 5.41) is 0. The van der Waals surface area contributed by atoms with Crippen molar-refractivity contribution >= 4 is 11.9 Å². The van der Waals surface area contributed by atoms with E-state index >= 15 is 0 Å². The third-order valence-corrected chi connectivity index (χ3v) is 6.08. The van der Waals surface area contributed by atoms with Crippen molar-refractivity contribution in [3.63, 3.8) is 0 Å². The number of carbonyl (C=O) groups is 2. The van der Waals surface area contributed by atoms with E-state index in [4.69, 9.17) is 14.2 Å². The number of hydrogen-bond acceptors (Lipinski definition) is 5. The second-order valence-corrected chi connectivity index (χ2v) is 8.08. The SMILES string of the molecule is COC(=O)c1ccc2c(c1)OC[C@H](c1ccccc1C(F)(F)F)N(C(=O)C1CCOCC1)C2. The summed E-state index contributed by atoms with van der Waals surface area (Å²) in [6, 6.07) is 8.99. The van der Waals surface area contributed by atoms with Crippen molar-refractivity contribution in [2.75, 3.05) is 26.9 Å². The van der Waals surface area contributed by atoms with E-state index in [1.54, 1.807) is 12.1 Å². The van der Waals surface area contributed by atoms with E-state index in [1.807, 2.05) is 0 Å². The number of methoxy groups -OCH3 is 1. The smallest absolute Gasteiger partial charge is 0.416 e. The number of benzene rings is 2. The van der Waals surface area contributed by atoms with Gasteiger partial charge in [-0.2, -0.15) is 13.2 Å². The zero-order chi connectivity index (χ0) is 23.6. The molecule has 2 aromatic rings. The van der Waals surface area contributed by atoms with Crippen LogP contribution in [0.25, 0.3) is 0 Å². The zero-order valence-electron chi connectivity index (χ0n) is 18.1. The van der Waals surface area contributed by atoms with Gasteiger partial charge in [-0.05, 0) is 36.6 Å². The molecule has 9 heteroatoms. The predicted molar refractivity (Wildman–Crippen MR) is 112 cm³/mol. The highest BCUT2D eigenvalue weighted by molar-refractivity contribution is 5.90. The summed E-state index contributed by atoms with van der Waals surface area (Å²) in [7, 11) is 1.26. The van der Waals surface area contributed by atoms with Crippen molar-refractivity contribution in [1.82, 2.24) is 4.90 Å². The van der Waals surface area contributed by atoms with E-state index in [0.29, 0.717) is 37.4 Å². The molecule has 0 aliphatic carbocycles. The molecule has 2 heterocycles. The van der Waals surface area contributed by atoms with Crippen LogP contribution in [0.2, 0.25) is 0 Å². The second-order valence-electron chi connectivity index (χ2n) is 8.08. The lowest BCUT2D eigenvalue weighted by molar-refractivity contribution is -0.145. The van der Waals surface area contributed by atoms with Gasteiger partial charge in [0, 0.05) is 24.7 Å². The Kier molecular flexibility index (Phi) is 6.60. The van der Waals surface area contributed by atoms with E-state index in [9.17, 15) is 22.8 Å². The maximum Gasteiger partial charge on any atom is 0.416 e. The van der Waals surface area contributed by atoms with Gasteiger partial charge < -0.3 is 19.1 Å². The van der Waals surface area contributed by atoms with Gasteiger partial charge in [-0.15, -0.1) is 0 Å². The van der Waals surface area contributed by atoms with Crippen LogP contribution in [-0.4, -0.2) is 43.7 Å². The number of carbonyl (C=O) groups excluding carboxylic acids is 2. The van der Waals surface area contributed by atoms with Crippen molar-refractivity contribution < 1.29 is 37.0 Å². The third-order valence-electron chi connectivity index (χ3n) is 6.08. The molecule has 0 spiro atoms. The summed E-state index contributed by atoms with van der Waals surface area (Å²) < 4.78 is 57.4. The average molecular weight is 463 g/mol. The number of amides is 1. The van der Waals surface area contributed by atoms with Crippen LogP contribution in [0.15, 0.2) is 42.5 Å². The number of hydrogen-bond donors (Lipinski definition) is 0. The van der Waals surface area contributed by atoms with Crippen molar-refractivity contribution in [3.05, 3.63) is 64.7 Å². The number of nitrogens with zero attached hydrogens (tertiary/aromatic N) is 1. The van der Waals surface area contributed by atoms with Crippen molar-refractivity contribution in [2.24, 2.45) is 5.92 Å². The number of fused-ring (bicyclic) bond motifs is 1. The molecule has 4 rings (SSSR count). The number of alkyl halides is 3. The van der Waals surface area contributed by atoms with Gasteiger partial charge >= 0.3 is 12.1 Å². The fourth-order valence-corrected chi connectivity index (χ4v) is 4.33. The lowest BCUT2D eigenvalue weighted by Crippen LogP contribution is -2.42. The lowest BCUT2D eigenvalue weighted by Gasteiger charge is -2.35. The molecule has 6 nitrogen and oxygen atoms in total. The maximum atomic E-state index is 13.8. The summed E-state index contributed by atoms with van der Waals surface area (Å²) in [6.45, 7) is 0.747. The molecule has 1 saturated heterocycles. The largest absolute Gasteiger partial charge is 0.491 e. The molecular formula is C24H24F3NO5. The van der Waals surface area contributed by atoms with E-state index in [-0.39, 0.29) is 36.1 Å². The van der Waals surface area contributed by atoms with Gasteiger partial charge in [0.1, 0.15) is 12.4 Å². The highest BCUT2D eigenvalue weighted by atomic mass is 19.4. The number of rotatable bonds is 3. The highest BCUT2D eigenvalue weighted by Crippen LogP contribution is 2.40. The molecule has 0 aromatic heterocycles. The van der Waals surface area contributed by atoms with Crippen molar-refractivity contribution in [1.29, 1.82) is 0 Å². The first kappa shape index (κ1) is 23.1. The predicted octanol–water partition coefficient (Wildman–Crippen LogP) is 4.38. The first-order chi connectivity index (χ1) is 15.8. The molecule has 2 aromatic carbocycles. The van der Waals surface area contributed by atoms with E-state index in [0.717, 1.165) is 6.07 Å². The van der Waals surface area contributed by atoms with Gasteiger partial charge in [0.05, 0.1) is 30.8 Å². The number of esters is 1. The summed E-state index contributed by atoms with van der Waals surface area (Å²) >= 11 is 0. The first-order valence-corrected chi connectivity index (χ1v) is 10.7. The molecular weight excluding hydrogens is 439 g/mol. The molecule has 0 bridgehead atoms. The van der Waals surface area contributed by atoms with Crippen LogP contribution < -0.4 is 4.74 Å². The summed E-state index contributed by atoms with van der Waals surface area (Å²) in [4.78, 5) is 26.9. The van der Waals surface area contributed by atoms with Gasteiger partial charge in [-0.25, -0.2) is 4.79 Å². The van der Waals surface area contributed by atoms with Gasteiger partial charge in [-0.3, -0.25) is 4.79 Å². The van der Waals surface area contributed by atoms with Crippen LogP contribution in [0.1, 0.15) is 45.9 Å². The minimum absolute atomic E-state index is 0.0218. The Morgan fingerprint density at radius 3 is 2.52 bits per heavy atom. The van der Waals surface area contributed by atoms with E-state index < -0.39 is 23.8 Å². The van der Waals surface area contributed by atoms with Crippen LogP contribution in [-0.2, 0) is 27.0 Å². The minimum Gasteiger partial charge on any atom is -0.491 e. The number of halogens is 3. The van der Waals surface area contributed by atoms with Crippen LogP contribution in [0.4, 0.5) is 13.2 Å². The van der Waals surface area contributed by atoms with Crippen LogP contribution in [0.3, 0.4) is 0 Å². The molecule has 176 valence electrons. The fraction of sp³-hybridized carbons (Fsp3) is 0.417. The number of ether oxygens (including phenoxy) is 3. The second kappa shape index (κ2) is 9.43. The Hall–Kier alpha value is -3.07. The monoisotopic (exact) mass is 463 g/mol. The normalized spacial score (nSPS) is 19.3. The van der Waals surface area contributed by atoms with E-state index in [1.165, 1.54) is 36.3 Å².